The zero-order valence-electron chi connectivity index (χ0n) is 12.9. The maximum Gasteiger partial charge on any atom is 0.356 e. The number of rotatable bonds is 5. The average molecular weight is 330 g/mol. The van der Waals surface area contributed by atoms with Crippen molar-refractivity contribution in [2.24, 2.45) is 5.73 Å². The van der Waals surface area contributed by atoms with Gasteiger partial charge in [0, 0.05) is 12.3 Å². The molecule has 0 radical (unpaired) electrons. The summed E-state index contributed by atoms with van der Waals surface area (Å²) in [7, 11) is 0. The van der Waals surface area contributed by atoms with Gasteiger partial charge < -0.3 is 24.9 Å². The van der Waals surface area contributed by atoms with Crippen molar-refractivity contribution in [1.82, 2.24) is 4.57 Å². The molecule has 126 valence electrons. The third-order valence-corrected chi connectivity index (χ3v) is 3.96. The van der Waals surface area contributed by atoms with E-state index >= 15 is 0 Å². The second-order valence-electron chi connectivity index (χ2n) is 5.61. The first-order valence-electron chi connectivity index (χ1n) is 7.56. The number of ether oxygens (including phenoxy) is 2. The van der Waals surface area contributed by atoms with E-state index in [0.717, 1.165) is 5.56 Å². The fourth-order valence-electron chi connectivity index (χ4n) is 2.73. The minimum absolute atomic E-state index is 0.105. The number of carbonyl (C=O) groups is 1. The quantitative estimate of drug-likeness (QED) is 0.848. The summed E-state index contributed by atoms with van der Waals surface area (Å²) < 4.78 is 12.3. The number of hydrogen-bond donors (Lipinski definition) is 2. The average Bonchev–Trinajstić information content (AvgIpc) is 3.00. The summed E-state index contributed by atoms with van der Waals surface area (Å²) in [6, 6.07) is 9.82. The van der Waals surface area contributed by atoms with E-state index in [1.54, 1.807) is 0 Å². The van der Waals surface area contributed by atoms with Crippen LogP contribution in [0.15, 0.2) is 47.4 Å². The number of nitrogens with zero attached hydrogens (tertiary/aromatic N) is 1. The second-order valence-corrected chi connectivity index (χ2v) is 5.61. The minimum atomic E-state index is -1.24. The van der Waals surface area contributed by atoms with Gasteiger partial charge in [0.2, 0.25) is 5.43 Å². The number of aromatic nitrogens is 1. The number of carboxylic acid groups (broad SMARTS) is 1. The van der Waals surface area contributed by atoms with Gasteiger partial charge in [0.05, 0.1) is 25.3 Å². The summed E-state index contributed by atoms with van der Waals surface area (Å²) in [6.45, 7) is 0.742. The summed E-state index contributed by atoms with van der Waals surface area (Å²) in [5, 5.41) is 9.59. The van der Waals surface area contributed by atoms with Crippen molar-refractivity contribution < 1.29 is 19.4 Å². The topological polar surface area (TPSA) is 104 Å². The van der Waals surface area contributed by atoms with Gasteiger partial charge in [-0.3, -0.25) is 4.79 Å². The van der Waals surface area contributed by atoms with E-state index in [1.165, 1.54) is 16.8 Å². The lowest BCUT2D eigenvalue weighted by Crippen LogP contribution is -2.34. The molecule has 3 rings (SSSR count). The molecule has 0 saturated carbocycles. The molecule has 7 nitrogen and oxygen atoms in total. The molecule has 0 aliphatic carbocycles. The molecule has 2 aromatic rings. The van der Waals surface area contributed by atoms with E-state index in [2.05, 4.69) is 0 Å². The highest BCUT2D eigenvalue weighted by Crippen LogP contribution is 2.24. The summed E-state index contributed by atoms with van der Waals surface area (Å²) >= 11 is 0. The Hall–Kier alpha value is -2.64. The largest absolute Gasteiger partial charge is 0.482 e. The van der Waals surface area contributed by atoms with Gasteiger partial charge in [0.15, 0.2) is 11.4 Å². The second kappa shape index (κ2) is 6.86. The zero-order valence-corrected chi connectivity index (χ0v) is 12.9. The van der Waals surface area contributed by atoms with Crippen LogP contribution < -0.4 is 15.9 Å². The molecule has 1 aromatic carbocycles. The molecule has 0 unspecified atom stereocenters. The fourth-order valence-corrected chi connectivity index (χ4v) is 2.73. The normalized spacial score (nSPS) is 20.0. The van der Waals surface area contributed by atoms with Gasteiger partial charge in [-0.25, -0.2) is 4.79 Å². The third-order valence-electron chi connectivity index (χ3n) is 3.96. The maximum absolute atomic E-state index is 12.2. The Morgan fingerprint density at radius 2 is 2.04 bits per heavy atom. The number of benzene rings is 1. The van der Waals surface area contributed by atoms with Crippen molar-refractivity contribution in [3.8, 4) is 5.75 Å². The van der Waals surface area contributed by atoms with Gasteiger partial charge >= 0.3 is 5.97 Å². The van der Waals surface area contributed by atoms with Crippen molar-refractivity contribution in [3.63, 3.8) is 0 Å². The van der Waals surface area contributed by atoms with Gasteiger partial charge in [-0.1, -0.05) is 30.3 Å². The highest BCUT2D eigenvalue weighted by atomic mass is 16.5. The molecule has 1 aromatic heterocycles. The summed E-state index contributed by atoms with van der Waals surface area (Å²) in [6.07, 6.45) is 1.43. The smallest absolute Gasteiger partial charge is 0.356 e. The van der Waals surface area contributed by atoms with E-state index < -0.39 is 11.4 Å². The molecule has 2 heterocycles. The van der Waals surface area contributed by atoms with Crippen LogP contribution in [0.5, 0.6) is 5.75 Å². The van der Waals surface area contributed by atoms with E-state index in [0.29, 0.717) is 13.2 Å². The minimum Gasteiger partial charge on any atom is -0.482 e. The molecule has 7 heteroatoms. The molecular formula is C17H18N2O5. The lowest BCUT2D eigenvalue weighted by atomic mass is 10.1. The molecule has 1 aliphatic rings. The van der Waals surface area contributed by atoms with Crippen LogP contribution in [-0.2, 0) is 11.3 Å². The van der Waals surface area contributed by atoms with Gasteiger partial charge in [0.25, 0.3) is 0 Å². The van der Waals surface area contributed by atoms with Crippen molar-refractivity contribution >= 4 is 5.97 Å². The molecule has 0 spiro atoms. The van der Waals surface area contributed by atoms with E-state index in [9.17, 15) is 14.7 Å². The van der Waals surface area contributed by atoms with Crippen LogP contribution in [0.2, 0.25) is 0 Å². The molecule has 1 fully saturated rings. The fraction of sp³-hybridized carbons (Fsp3) is 0.294. The van der Waals surface area contributed by atoms with Crippen molar-refractivity contribution in [1.29, 1.82) is 0 Å². The summed E-state index contributed by atoms with van der Waals surface area (Å²) in [5.41, 5.74) is 6.13. The molecule has 1 aliphatic heterocycles. The first-order chi connectivity index (χ1) is 11.6. The molecule has 0 bridgehead atoms. The van der Waals surface area contributed by atoms with Crippen LogP contribution in [0.25, 0.3) is 0 Å². The number of hydrogen-bond acceptors (Lipinski definition) is 5. The number of aromatic carboxylic acids is 1. The lowest BCUT2D eigenvalue weighted by Gasteiger charge is -2.21. The van der Waals surface area contributed by atoms with Crippen LogP contribution >= 0.6 is 0 Å². The van der Waals surface area contributed by atoms with Crippen LogP contribution in [-0.4, -0.2) is 34.9 Å². The third kappa shape index (κ3) is 3.17. The Kier molecular flexibility index (Phi) is 4.64. The highest BCUT2D eigenvalue weighted by molar-refractivity contribution is 5.89. The Morgan fingerprint density at radius 1 is 1.29 bits per heavy atom. The molecule has 2 atom stereocenters. The van der Waals surface area contributed by atoms with E-state index in [-0.39, 0.29) is 30.1 Å². The zero-order chi connectivity index (χ0) is 17.1. The Balaban J connectivity index is 1.98. The standard InChI is InChI=1S/C17H18N2O5/c18-12-9-23-10-13(12)19-7-6-14(20)16(15(19)17(21)22)24-8-11-4-2-1-3-5-11/h1-7,12-13H,8-10,18H2,(H,21,22)/t12-,13-/m0/s1. The van der Waals surface area contributed by atoms with Crippen LogP contribution in [0, 0.1) is 0 Å². The van der Waals surface area contributed by atoms with E-state index in [4.69, 9.17) is 15.2 Å². The Bertz CT molecular complexity index is 787. The summed E-state index contributed by atoms with van der Waals surface area (Å²) in [4.78, 5) is 23.9. The van der Waals surface area contributed by atoms with Gasteiger partial charge in [-0.15, -0.1) is 0 Å². The van der Waals surface area contributed by atoms with Crippen molar-refractivity contribution in [2.45, 2.75) is 18.7 Å². The Morgan fingerprint density at radius 3 is 2.67 bits per heavy atom. The first-order valence-corrected chi connectivity index (χ1v) is 7.56. The van der Waals surface area contributed by atoms with Crippen molar-refractivity contribution in [2.75, 3.05) is 13.2 Å². The van der Waals surface area contributed by atoms with Crippen molar-refractivity contribution in [3.05, 3.63) is 64.1 Å². The Labute approximate surface area is 138 Å². The lowest BCUT2D eigenvalue weighted by molar-refractivity contribution is 0.0673. The van der Waals surface area contributed by atoms with Crippen LogP contribution in [0.3, 0.4) is 0 Å². The number of nitrogens with two attached hydrogens (primary N) is 1. The number of pyridine rings is 1. The number of carboxylic acids is 1. The monoisotopic (exact) mass is 330 g/mol. The maximum atomic E-state index is 12.2. The van der Waals surface area contributed by atoms with Gasteiger partial charge in [-0.2, -0.15) is 0 Å². The molecule has 1 saturated heterocycles. The molecular weight excluding hydrogens is 312 g/mol. The van der Waals surface area contributed by atoms with Crippen LogP contribution in [0.1, 0.15) is 22.1 Å². The highest BCUT2D eigenvalue weighted by Gasteiger charge is 2.31. The van der Waals surface area contributed by atoms with E-state index in [1.807, 2.05) is 30.3 Å². The molecule has 24 heavy (non-hydrogen) atoms. The summed E-state index contributed by atoms with van der Waals surface area (Å²) in [5.74, 6) is -1.43. The van der Waals surface area contributed by atoms with Crippen LogP contribution in [0.4, 0.5) is 0 Å². The predicted octanol–water partition coefficient (Wildman–Crippen LogP) is 1.02. The SMILES string of the molecule is N[C@H]1COC[C@@H]1n1ccc(=O)c(OCc2ccccc2)c1C(=O)O. The molecule has 0 amide bonds. The van der Waals surface area contributed by atoms with Gasteiger partial charge in [-0.05, 0) is 5.56 Å². The first kappa shape index (κ1) is 16.2. The predicted molar refractivity (Wildman–Crippen MR) is 86.3 cm³/mol. The van der Waals surface area contributed by atoms with Gasteiger partial charge in [0.1, 0.15) is 6.61 Å². The molecule has 3 N–H and O–H groups in total.